The molecule has 7 rings (SSSR count). The Bertz CT molecular complexity index is 1200. The summed E-state index contributed by atoms with van der Waals surface area (Å²) in [6, 6.07) is 9.84. The van der Waals surface area contributed by atoms with Crippen LogP contribution in [0.25, 0.3) is 21.5 Å². The van der Waals surface area contributed by atoms with E-state index in [4.69, 9.17) is 5.73 Å². The number of rotatable bonds is 3. The monoisotopic (exact) mass is 456 g/mol. The van der Waals surface area contributed by atoms with Gasteiger partial charge in [-0.1, -0.05) is 30.3 Å². The first-order valence-electron chi connectivity index (χ1n) is 11.1. The number of benzene rings is 1. The van der Waals surface area contributed by atoms with Crippen LogP contribution in [0.4, 0.5) is 18.9 Å². The Morgan fingerprint density at radius 2 is 1.62 bits per heavy atom. The highest BCUT2D eigenvalue weighted by Crippen LogP contribution is 2.61. The number of hydrogen-bond acceptors (Lipinski definition) is 4. The van der Waals surface area contributed by atoms with Crippen LogP contribution in [-0.4, -0.2) is 10.8 Å². The van der Waals surface area contributed by atoms with Gasteiger partial charge in [0.25, 0.3) is 0 Å². The van der Waals surface area contributed by atoms with Crippen LogP contribution >= 0.6 is 11.3 Å². The number of anilines is 1. The number of nitrogens with two attached hydrogens (primary N) is 1. The molecule has 0 amide bonds. The van der Waals surface area contributed by atoms with Crippen molar-refractivity contribution in [2.45, 2.75) is 44.7 Å². The standard InChI is InChI=1S/C25H23F3N2OS/c26-25(27,28)17-9-18(16-4-2-1-3-5-16)30-23-19(17)20(29)21(32-23)22(31)24-10-13-6-14(11-24)8-15(7-13)12-24/h1-5,9,13-15H,6-8,10-12,29H2. The molecular formula is C25H23F3N2OS. The van der Waals surface area contributed by atoms with Gasteiger partial charge in [-0.15, -0.1) is 11.3 Å². The summed E-state index contributed by atoms with van der Waals surface area (Å²) >= 11 is 1.03. The lowest BCUT2D eigenvalue weighted by molar-refractivity contribution is -0.136. The van der Waals surface area contributed by atoms with Gasteiger partial charge in [-0.2, -0.15) is 13.2 Å². The normalized spacial score (nSPS) is 29.0. The number of aromatic nitrogens is 1. The first-order chi connectivity index (χ1) is 15.2. The van der Waals surface area contributed by atoms with E-state index in [9.17, 15) is 18.0 Å². The number of nitrogen functional groups attached to an aromatic ring is 1. The first-order valence-corrected chi connectivity index (χ1v) is 12.0. The van der Waals surface area contributed by atoms with Crippen LogP contribution in [0.5, 0.6) is 0 Å². The Kier molecular flexibility index (Phi) is 4.29. The third kappa shape index (κ3) is 3.00. The molecule has 2 heterocycles. The molecule has 32 heavy (non-hydrogen) atoms. The maximum absolute atomic E-state index is 14.1. The molecule has 166 valence electrons. The van der Waals surface area contributed by atoms with Crippen LogP contribution in [0, 0.1) is 23.2 Å². The molecular weight excluding hydrogens is 433 g/mol. The Morgan fingerprint density at radius 1 is 1.03 bits per heavy atom. The average Bonchev–Trinajstić information content (AvgIpc) is 3.08. The number of thiophene rings is 1. The fourth-order valence-electron chi connectivity index (χ4n) is 6.90. The molecule has 0 atom stereocenters. The minimum atomic E-state index is -4.60. The largest absolute Gasteiger partial charge is 0.417 e. The van der Waals surface area contributed by atoms with E-state index in [0.717, 1.165) is 36.7 Å². The van der Waals surface area contributed by atoms with Crippen molar-refractivity contribution >= 4 is 33.0 Å². The van der Waals surface area contributed by atoms with Gasteiger partial charge in [0.15, 0.2) is 5.78 Å². The van der Waals surface area contributed by atoms with Crippen molar-refractivity contribution < 1.29 is 18.0 Å². The van der Waals surface area contributed by atoms with Crippen molar-refractivity contribution in [3.8, 4) is 11.3 Å². The predicted molar refractivity (Wildman–Crippen MR) is 119 cm³/mol. The van der Waals surface area contributed by atoms with Crippen molar-refractivity contribution in [1.29, 1.82) is 0 Å². The van der Waals surface area contributed by atoms with Crippen LogP contribution in [0.2, 0.25) is 0 Å². The number of fused-ring (bicyclic) bond motifs is 1. The number of nitrogens with zero attached hydrogens (tertiary/aromatic N) is 1. The van der Waals surface area contributed by atoms with E-state index in [-0.39, 0.29) is 32.3 Å². The smallest absolute Gasteiger partial charge is 0.397 e. The van der Waals surface area contributed by atoms with Crippen LogP contribution in [-0.2, 0) is 6.18 Å². The summed E-state index contributed by atoms with van der Waals surface area (Å²) in [5, 5.41) is -0.129. The predicted octanol–water partition coefficient (Wildman–Crippen LogP) is 6.96. The van der Waals surface area contributed by atoms with Gasteiger partial charge in [-0.25, -0.2) is 4.98 Å². The zero-order valence-electron chi connectivity index (χ0n) is 17.4. The Balaban J connectivity index is 1.50. The molecule has 0 aliphatic heterocycles. The molecule has 4 bridgehead atoms. The van der Waals surface area contributed by atoms with Gasteiger partial charge in [-0.3, -0.25) is 4.79 Å². The van der Waals surface area contributed by atoms with Crippen LogP contribution < -0.4 is 5.73 Å². The van der Waals surface area contributed by atoms with Crippen molar-refractivity contribution in [2.24, 2.45) is 23.2 Å². The summed E-state index contributed by atoms with van der Waals surface area (Å²) in [6.45, 7) is 0. The number of halogens is 3. The van der Waals surface area contributed by atoms with E-state index in [1.165, 1.54) is 19.3 Å². The quantitative estimate of drug-likeness (QED) is 0.433. The Labute approximate surface area is 187 Å². The van der Waals surface area contributed by atoms with Gasteiger partial charge in [0.05, 0.1) is 21.8 Å². The van der Waals surface area contributed by atoms with E-state index < -0.39 is 17.2 Å². The molecule has 4 saturated carbocycles. The second-order valence-electron chi connectivity index (χ2n) is 9.97. The maximum atomic E-state index is 14.1. The molecule has 7 heteroatoms. The van der Waals surface area contributed by atoms with Gasteiger partial charge >= 0.3 is 6.18 Å². The summed E-state index contributed by atoms with van der Waals surface area (Å²) in [6.07, 6.45) is 1.51. The van der Waals surface area contributed by atoms with Gasteiger partial charge in [-0.05, 0) is 62.3 Å². The first kappa shape index (κ1) is 20.2. The van der Waals surface area contributed by atoms with Crippen molar-refractivity contribution in [3.05, 3.63) is 46.8 Å². The molecule has 2 N–H and O–H groups in total. The van der Waals surface area contributed by atoms with Gasteiger partial charge < -0.3 is 5.73 Å². The zero-order valence-corrected chi connectivity index (χ0v) is 18.2. The van der Waals surface area contributed by atoms with E-state index in [2.05, 4.69) is 4.98 Å². The van der Waals surface area contributed by atoms with E-state index in [1.54, 1.807) is 30.3 Å². The summed E-state index contributed by atoms with van der Waals surface area (Å²) in [5.41, 5.74) is 5.80. The molecule has 3 nitrogen and oxygen atoms in total. The number of Topliss-reactive ketones (excluding diaryl/α,β-unsaturated/α-hetero) is 1. The van der Waals surface area contributed by atoms with Gasteiger partial charge in [0.2, 0.25) is 0 Å². The Morgan fingerprint density at radius 3 is 2.19 bits per heavy atom. The zero-order chi connectivity index (χ0) is 22.3. The number of pyridine rings is 1. The van der Waals surface area contributed by atoms with Gasteiger partial charge in [0, 0.05) is 16.4 Å². The number of carbonyl (C=O) groups excluding carboxylic acids is 1. The summed E-state index contributed by atoms with van der Waals surface area (Å²) < 4.78 is 42.2. The lowest BCUT2D eigenvalue weighted by atomic mass is 9.48. The summed E-state index contributed by atoms with van der Waals surface area (Å²) in [4.78, 5) is 18.8. The molecule has 0 spiro atoms. The third-order valence-electron chi connectivity index (χ3n) is 7.80. The van der Waals surface area contributed by atoms with E-state index in [1.807, 2.05) is 0 Å². The number of alkyl halides is 3. The molecule has 0 radical (unpaired) electrons. The molecule has 4 aliphatic carbocycles. The highest BCUT2D eigenvalue weighted by molar-refractivity contribution is 7.21. The number of hydrogen-bond donors (Lipinski definition) is 1. The summed E-state index contributed by atoms with van der Waals surface area (Å²) in [7, 11) is 0. The highest BCUT2D eigenvalue weighted by atomic mass is 32.1. The molecule has 0 unspecified atom stereocenters. The second kappa shape index (κ2) is 6.80. The average molecular weight is 457 g/mol. The minimum absolute atomic E-state index is 0.0496. The molecule has 0 saturated heterocycles. The summed E-state index contributed by atoms with van der Waals surface area (Å²) in [5.74, 6) is 1.64. The maximum Gasteiger partial charge on any atom is 0.417 e. The van der Waals surface area contributed by atoms with Crippen molar-refractivity contribution in [1.82, 2.24) is 4.98 Å². The van der Waals surface area contributed by atoms with E-state index in [0.29, 0.717) is 23.3 Å². The topological polar surface area (TPSA) is 56.0 Å². The molecule has 3 aromatic rings. The molecule has 2 aromatic heterocycles. The molecule has 4 fully saturated rings. The fraction of sp³-hybridized carbons (Fsp3) is 0.440. The van der Waals surface area contributed by atoms with Crippen molar-refractivity contribution in [3.63, 3.8) is 0 Å². The van der Waals surface area contributed by atoms with Gasteiger partial charge in [0.1, 0.15) is 4.83 Å². The number of carbonyl (C=O) groups is 1. The molecule has 1 aromatic carbocycles. The third-order valence-corrected chi connectivity index (χ3v) is 8.90. The SMILES string of the molecule is Nc1c(C(=O)C23CC4CC(CC(C4)C2)C3)sc2nc(-c3ccccc3)cc(C(F)(F)F)c12. The minimum Gasteiger partial charge on any atom is -0.397 e. The van der Waals surface area contributed by atoms with Crippen LogP contribution in [0.15, 0.2) is 36.4 Å². The van der Waals surface area contributed by atoms with Crippen LogP contribution in [0.1, 0.15) is 53.8 Å². The lowest BCUT2D eigenvalue weighted by Gasteiger charge is -2.55. The number of ketones is 1. The van der Waals surface area contributed by atoms with Crippen molar-refractivity contribution in [2.75, 3.05) is 5.73 Å². The fourth-order valence-corrected chi connectivity index (χ4v) is 8.08. The molecule has 4 aliphatic rings. The van der Waals surface area contributed by atoms with E-state index >= 15 is 0 Å². The lowest BCUT2D eigenvalue weighted by Crippen LogP contribution is -2.49. The second-order valence-corrected chi connectivity index (χ2v) is 11.0. The highest BCUT2D eigenvalue weighted by Gasteiger charge is 2.55. The Hall–Kier alpha value is -2.41. The van der Waals surface area contributed by atoms with Crippen LogP contribution in [0.3, 0.4) is 0 Å².